The molecule has 0 bridgehead atoms. The van der Waals surface area contributed by atoms with E-state index in [1.165, 1.54) is 17.0 Å². The third-order valence-corrected chi connectivity index (χ3v) is 2.90. The molecule has 6 nitrogen and oxygen atoms in total. The summed E-state index contributed by atoms with van der Waals surface area (Å²) in [6, 6.07) is 3.01. The normalized spacial score (nSPS) is 20.2. The highest BCUT2D eigenvalue weighted by molar-refractivity contribution is 5.92. The number of hydrogen-bond acceptors (Lipinski definition) is 4. The predicted molar refractivity (Wildman–Crippen MR) is 59.4 cm³/mol. The molecule has 0 aliphatic carbocycles. The maximum atomic E-state index is 12.0. The van der Waals surface area contributed by atoms with Crippen LogP contribution in [0.25, 0.3) is 0 Å². The quantitative estimate of drug-likeness (QED) is 0.794. The van der Waals surface area contributed by atoms with Crippen LogP contribution in [0.5, 0.6) is 0 Å². The number of nitrogens with zero attached hydrogens (tertiary/aromatic N) is 1. The number of nitrogens with two attached hydrogens (primary N) is 1. The molecule has 0 saturated carbocycles. The average molecular weight is 238 g/mol. The summed E-state index contributed by atoms with van der Waals surface area (Å²) in [7, 11) is 0. The molecule has 17 heavy (non-hydrogen) atoms. The van der Waals surface area contributed by atoms with E-state index < -0.39 is 11.9 Å². The van der Waals surface area contributed by atoms with Crippen LogP contribution in [0.1, 0.15) is 23.4 Å². The Morgan fingerprint density at radius 2 is 2.24 bits per heavy atom. The van der Waals surface area contributed by atoms with Gasteiger partial charge in [0.05, 0.1) is 5.92 Å². The van der Waals surface area contributed by atoms with Crippen LogP contribution in [-0.4, -0.2) is 35.0 Å². The zero-order valence-electron chi connectivity index (χ0n) is 9.26. The van der Waals surface area contributed by atoms with Gasteiger partial charge in [0.15, 0.2) is 11.6 Å². The summed E-state index contributed by atoms with van der Waals surface area (Å²) < 4.78 is 5.03. The molecule has 1 aliphatic heterocycles. The van der Waals surface area contributed by atoms with Crippen LogP contribution in [-0.2, 0) is 4.79 Å². The number of nitrogen functional groups attached to an aromatic ring is 1. The fourth-order valence-electron chi connectivity index (χ4n) is 1.99. The number of likely N-dealkylation sites (tertiary alicyclic amines) is 1. The van der Waals surface area contributed by atoms with Gasteiger partial charge >= 0.3 is 5.97 Å². The minimum atomic E-state index is -0.860. The van der Waals surface area contributed by atoms with Gasteiger partial charge in [0.25, 0.3) is 5.91 Å². The standard InChI is InChI=1S/C11H14N2O4/c12-9-4-3-8(17-9)10(14)13-5-1-2-7(6-13)11(15)16/h3-4,7H,1-2,5-6,12H2,(H,15,16). The molecule has 0 aromatic carbocycles. The fourth-order valence-corrected chi connectivity index (χ4v) is 1.99. The summed E-state index contributed by atoms with van der Waals surface area (Å²) in [6.45, 7) is 0.790. The number of hydrogen-bond donors (Lipinski definition) is 2. The highest BCUT2D eigenvalue weighted by atomic mass is 16.4. The van der Waals surface area contributed by atoms with Gasteiger partial charge in [-0.15, -0.1) is 0 Å². The Morgan fingerprint density at radius 3 is 2.82 bits per heavy atom. The lowest BCUT2D eigenvalue weighted by Gasteiger charge is -2.29. The van der Waals surface area contributed by atoms with Gasteiger partial charge in [0, 0.05) is 19.2 Å². The molecule has 0 radical (unpaired) electrons. The SMILES string of the molecule is Nc1ccc(C(=O)N2CCCC(C(=O)O)C2)o1. The minimum absolute atomic E-state index is 0.161. The van der Waals surface area contributed by atoms with Gasteiger partial charge < -0.3 is 20.2 Å². The van der Waals surface area contributed by atoms with Crippen molar-refractivity contribution in [2.75, 3.05) is 18.8 Å². The van der Waals surface area contributed by atoms with E-state index >= 15 is 0 Å². The molecule has 1 saturated heterocycles. The number of aliphatic carboxylic acids is 1. The summed E-state index contributed by atoms with van der Waals surface area (Å²) in [5.74, 6) is -1.30. The number of rotatable bonds is 2. The maximum Gasteiger partial charge on any atom is 0.308 e. The Balaban J connectivity index is 2.07. The molecule has 1 unspecified atom stereocenters. The van der Waals surface area contributed by atoms with Gasteiger partial charge in [-0.3, -0.25) is 9.59 Å². The number of carboxylic acids is 1. The number of amides is 1. The van der Waals surface area contributed by atoms with Gasteiger partial charge in [0.1, 0.15) is 0 Å². The molecule has 1 fully saturated rings. The van der Waals surface area contributed by atoms with Gasteiger partial charge in [-0.2, -0.15) is 0 Å². The van der Waals surface area contributed by atoms with E-state index in [1.807, 2.05) is 0 Å². The molecule has 6 heteroatoms. The van der Waals surface area contributed by atoms with Crippen LogP contribution in [0.3, 0.4) is 0 Å². The van der Waals surface area contributed by atoms with Crippen molar-refractivity contribution in [3.63, 3.8) is 0 Å². The van der Waals surface area contributed by atoms with Crippen LogP contribution < -0.4 is 5.73 Å². The Morgan fingerprint density at radius 1 is 1.47 bits per heavy atom. The average Bonchev–Trinajstić information content (AvgIpc) is 2.75. The summed E-state index contributed by atoms with van der Waals surface area (Å²) in [6.07, 6.45) is 1.30. The third-order valence-electron chi connectivity index (χ3n) is 2.90. The highest BCUT2D eigenvalue weighted by Crippen LogP contribution is 2.20. The van der Waals surface area contributed by atoms with Crippen LogP contribution in [0.15, 0.2) is 16.5 Å². The summed E-state index contributed by atoms with van der Waals surface area (Å²) >= 11 is 0. The van der Waals surface area contributed by atoms with Crippen LogP contribution >= 0.6 is 0 Å². The fraction of sp³-hybridized carbons (Fsp3) is 0.455. The lowest BCUT2D eigenvalue weighted by molar-refractivity contribution is -0.143. The molecule has 1 aliphatic rings. The molecule has 1 amide bonds. The van der Waals surface area contributed by atoms with Gasteiger partial charge in [-0.25, -0.2) is 0 Å². The molecular weight excluding hydrogens is 224 g/mol. The molecule has 1 aromatic heterocycles. The van der Waals surface area contributed by atoms with E-state index in [2.05, 4.69) is 0 Å². The van der Waals surface area contributed by atoms with E-state index in [1.54, 1.807) is 0 Å². The molecular formula is C11H14N2O4. The van der Waals surface area contributed by atoms with Crippen molar-refractivity contribution in [2.45, 2.75) is 12.8 Å². The molecule has 0 spiro atoms. The van der Waals surface area contributed by atoms with Crippen LogP contribution in [0.2, 0.25) is 0 Å². The maximum absolute atomic E-state index is 12.0. The molecule has 3 N–H and O–H groups in total. The molecule has 92 valence electrons. The summed E-state index contributed by atoms with van der Waals surface area (Å²) in [4.78, 5) is 24.3. The second-order valence-corrected chi connectivity index (χ2v) is 4.13. The van der Waals surface area contributed by atoms with Crippen molar-refractivity contribution >= 4 is 17.8 Å². The second kappa shape index (κ2) is 4.48. The smallest absolute Gasteiger partial charge is 0.308 e. The van der Waals surface area contributed by atoms with Crippen LogP contribution in [0.4, 0.5) is 5.88 Å². The van der Waals surface area contributed by atoms with E-state index in [0.29, 0.717) is 19.4 Å². The number of carbonyl (C=O) groups is 2. The van der Waals surface area contributed by atoms with E-state index in [9.17, 15) is 9.59 Å². The first kappa shape index (κ1) is 11.5. The van der Waals surface area contributed by atoms with E-state index in [0.717, 1.165) is 0 Å². The third kappa shape index (κ3) is 2.41. The van der Waals surface area contributed by atoms with Crippen molar-refractivity contribution in [1.29, 1.82) is 0 Å². The van der Waals surface area contributed by atoms with Crippen molar-refractivity contribution in [3.05, 3.63) is 17.9 Å². The zero-order valence-corrected chi connectivity index (χ0v) is 9.26. The van der Waals surface area contributed by atoms with Gasteiger partial charge in [-0.1, -0.05) is 0 Å². The Bertz CT molecular complexity index is 440. The molecule has 1 aromatic rings. The van der Waals surface area contributed by atoms with Gasteiger partial charge in [-0.05, 0) is 18.9 Å². The number of anilines is 1. The topological polar surface area (TPSA) is 96.8 Å². The second-order valence-electron chi connectivity index (χ2n) is 4.13. The number of carboxylic acid groups (broad SMARTS) is 1. The number of furan rings is 1. The predicted octanol–water partition coefficient (Wildman–Crippen LogP) is 0.799. The van der Waals surface area contributed by atoms with Crippen molar-refractivity contribution in [2.24, 2.45) is 5.92 Å². The first-order valence-corrected chi connectivity index (χ1v) is 5.45. The lowest BCUT2D eigenvalue weighted by atomic mass is 9.98. The Labute approximate surface area is 98.0 Å². The Kier molecular flexibility index (Phi) is 3.03. The first-order valence-electron chi connectivity index (χ1n) is 5.45. The first-order chi connectivity index (χ1) is 8.08. The van der Waals surface area contributed by atoms with Gasteiger partial charge in [0.2, 0.25) is 0 Å². The number of carbonyl (C=O) groups excluding carboxylic acids is 1. The highest BCUT2D eigenvalue weighted by Gasteiger charge is 2.29. The van der Waals surface area contributed by atoms with Crippen LogP contribution in [0, 0.1) is 5.92 Å². The van der Waals surface area contributed by atoms with E-state index in [4.69, 9.17) is 15.3 Å². The van der Waals surface area contributed by atoms with Crippen molar-refractivity contribution < 1.29 is 19.1 Å². The Hall–Kier alpha value is -1.98. The summed E-state index contributed by atoms with van der Waals surface area (Å²) in [5, 5.41) is 8.93. The van der Waals surface area contributed by atoms with E-state index in [-0.39, 0.29) is 24.1 Å². The van der Waals surface area contributed by atoms with Crippen molar-refractivity contribution in [1.82, 2.24) is 4.90 Å². The van der Waals surface area contributed by atoms with Crippen molar-refractivity contribution in [3.8, 4) is 0 Å². The molecule has 1 atom stereocenters. The largest absolute Gasteiger partial charge is 0.481 e. The number of piperidine rings is 1. The minimum Gasteiger partial charge on any atom is -0.481 e. The lowest BCUT2D eigenvalue weighted by Crippen LogP contribution is -2.42. The monoisotopic (exact) mass is 238 g/mol. The zero-order chi connectivity index (χ0) is 12.4. The molecule has 2 heterocycles. The molecule has 2 rings (SSSR count). The summed E-state index contributed by atoms with van der Waals surface area (Å²) in [5.41, 5.74) is 5.39.